The Morgan fingerprint density at radius 2 is 2.24 bits per heavy atom. The van der Waals surface area contributed by atoms with Crippen LogP contribution in [0.5, 0.6) is 0 Å². The number of nitrogens with zero attached hydrogens (tertiary/aromatic N) is 2. The molecule has 0 saturated heterocycles. The molecular weight excluding hydrogens is 216 g/mol. The fourth-order valence-corrected chi connectivity index (χ4v) is 1.57. The lowest BCUT2D eigenvalue weighted by Crippen LogP contribution is -2.39. The van der Waals surface area contributed by atoms with Gasteiger partial charge in [0, 0.05) is 25.3 Å². The number of carbonyl (C=O) groups excluding carboxylic acids is 1. The minimum Gasteiger partial charge on any atom is -0.347 e. The molecule has 1 atom stereocenters. The van der Waals surface area contributed by atoms with E-state index in [-0.39, 0.29) is 11.9 Å². The second kappa shape index (κ2) is 6.32. The Bertz CT molecular complexity index is 361. The van der Waals surface area contributed by atoms with E-state index in [9.17, 15) is 4.79 Å². The summed E-state index contributed by atoms with van der Waals surface area (Å²) in [7, 11) is 3.94. The molecule has 0 spiro atoms. The molecule has 17 heavy (non-hydrogen) atoms. The van der Waals surface area contributed by atoms with Crippen LogP contribution in [-0.2, 0) is 6.54 Å². The van der Waals surface area contributed by atoms with Crippen LogP contribution >= 0.6 is 0 Å². The summed E-state index contributed by atoms with van der Waals surface area (Å²) < 4.78 is 0. The maximum Gasteiger partial charge on any atom is 0.270 e. The molecule has 1 rings (SSSR count). The Kier molecular flexibility index (Phi) is 5.06. The van der Waals surface area contributed by atoms with Gasteiger partial charge in [-0.25, -0.2) is 0 Å². The lowest BCUT2D eigenvalue weighted by atomic mass is 10.2. The minimum atomic E-state index is -0.150. The summed E-state index contributed by atoms with van der Waals surface area (Å²) in [6.07, 6.45) is 1.63. The predicted octanol–water partition coefficient (Wildman–Crippen LogP) is 0.220. The Hall–Kier alpha value is -1.46. The molecule has 0 aliphatic rings. The van der Waals surface area contributed by atoms with E-state index >= 15 is 0 Å². The fourth-order valence-electron chi connectivity index (χ4n) is 1.57. The highest BCUT2D eigenvalue weighted by Gasteiger charge is 2.11. The van der Waals surface area contributed by atoms with Gasteiger partial charge in [0.2, 0.25) is 0 Å². The smallest absolute Gasteiger partial charge is 0.270 e. The van der Waals surface area contributed by atoms with Crippen molar-refractivity contribution in [1.29, 1.82) is 0 Å². The molecule has 0 bridgehead atoms. The summed E-state index contributed by atoms with van der Waals surface area (Å²) in [5, 5.41) is 2.89. The van der Waals surface area contributed by atoms with E-state index < -0.39 is 0 Å². The number of amides is 1. The zero-order valence-electron chi connectivity index (χ0n) is 10.6. The van der Waals surface area contributed by atoms with E-state index in [1.807, 2.05) is 32.0 Å². The van der Waals surface area contributed by atoms with Gasteiger partial charge in [-0.05, 0) is 32.6 Å². The standard InChI is InChI=1S/C12H20N4O/c1-9(8-16(2)3)15-12(17)11-5-4-10(6-13)7-14-11/h4-5,7,9H,6,8,13H2,1-3H3,(H,15,17). The maximum absolute atomic E-state index is 11.8. The first-order valence-corrected chi connectivity index (χ1v) is 5.63. The van der Waals surface area contributed by atoms with Crippen molar-refractivity contribution in [2.24, 2.45) is 5.73 Å². The van der Waals surface area contributed by atoms with Gasteiger partial charge in [0.15, 0.2) is 0 Å². The Morgan fingerprint density at radius 1 is 1.53 bits per heavy atom. The molecule has 0 fully saturated rings. The van der Waals surface area contributed by atoms with Crippen LogP contribution < -0.4 is 11.1 Å². The van der Waals surface area contributed by atoms with E-state index in [2.05, 4.69) is 10.3 Å². The number of nitrogens with one attached hydrogen (secondary N) is 1. The van der Waals surface area contributed by atoms with Crippen molar-refractivity contribution in [1.82, 2.24) is 15.2 Å². The first-order valence-electron chi connectivity index (χ1n) is 5.63. The molecule has 0 aromatic carbocycles. The number of carbonyl (C=O) groups is 1. The SMILES string of the molecule is CC(CN(C)C)NC(=O)c1ccc(CN)cn1. The molecule has 5 nitrogen and oxygen atoms in total. The monoisotopic (exact) mass is 236 g/mol. The van der Waals surface area contributed by atoms with Crippen LogP contribution in [0.2, 0.25) is 0 Å². The normalized spacial score (nSPS) is 12.5. The average molecular weight is 236 g/mol. The van der Waals surface area contributed by atoms with Crippen molar-refractivity contribution in [2.75, 3.05) is 20.6 Å². The van der Waals surface area contributed by atoms with Crippen LogP contribution in [-0.4, -0.2) is 42.5 Å². The van der Waals surface area contributed by atoms with Gasteiger partial charge in [0.1, 0.15) is 5.69 Å². The zero-order chi connectivity index (χ0) is 12.8. The van der Waals surface area contributed by atoms with Gasteiger partial charge in [0.25, 0.3) is 5.91 Å². The van der Waals surface area contributed by atoms with Crippen molar-refractivity contribution >= 4 is 5.91 Å². The quantitative estimate of drug-likeness (QED) is 0.767. The molecule has 0 saturated carbocycles. The summed E-state index contributed by atoms with van der Waals surface area (Å²) in [5.41, 5.74) is 6.81. The molecule has 1 heterocycles. The molecule has 1 amide bonds. The highest BCUT2D eigenvalue weighted by Crippen LogP contribution is 2.00. The zero-order valence-corrected chi connectivity index (χ0v) is 10.6. The first-order chi connectivity index (χ1) is 8.02. The maximum atomic E-state index is 11.8. The summed E-state index contributed by atoms with van der Waals surface area (Å²) in [4.78, 5) is 17.9. The Labute approximate surface area is 102 Å². The third-order valence-corrected chi connectivity index (χ3v) is 2.31. The van der Waals surface area contributed by atoms with Gasteiger partial charge in [-0.3, -0.25) is 9.78 Å². The number of likely N-dealkylation sites (N-methyl/N-ethyl adjacent to an activating group) is 1. The highest BCUT2D eigenvalue weighted by molar-refractivity contribution is 5.92. The molecule has 0 radical (unpaired) electrons. The van der Waals surface area contributed by atoms with Crippen LogP contribution in [0.3, 0.4) is 0 Å². The average Bonchev–Trinajstić information content (AvgIpc) is 2.28. The third-order valence-electron chi connectivity index (χ3n) is 2.31. The molecule has 3 N–H and O–H groups in total. The number of hydrogen-bond donors (Lipinski definition) is 2. The number of hydrogen-bond acceptors (Lipinski definition) is 4. The number of aromatic nitrogens is 1. The second-order valence-corrected chi connectivity index (χ2v) is 4.39. The largest absolute Gasteiger partial charge is 0.347 e. The summed E-state index contributed by atoms with van der Waals surface area (Å²) in [6.45, 7) is 3.20. The van der Waals surface area contributed by atoms with Gasteiger partial charge in [-0.1, -0.05) is 6.07 Å². The fraction of sp³-hybridized carbons (Fsp3) is 0.500. The molecule has 94 valence electrons. The van der Waals surface area contributed by atoms with Crippen molar-refractivity contribution in [3.8, 4) is 0 Å². The van der Waals surface area contributed by atoms with Crippen molar-refractivity contribution in [3.05, 3.63) is 29.6 Å². The van der Waals surface area contributed by atoms with Crippen molar-refractivity contribution in [3.63, 3.8) is 0 Å². The molecule has 1 aromatic heterocycles. The second-order valence-electron chi connectivity index (χ2n) is 4.39. The molecule has 0 aliphatic heterocycles. The van der Waals surface area contributed by atoms with E-state index in [1.54, 1.807) is 12.3 Å². The van der Waals surface area contributed by atoms with E-state index in [1.165, 1.54) is 0 Å². The number of nitrogens with two attached hydrogens (primary N) is 1. The van der Waals surface area contributed by atoms with Crippen LogP contribution in [0.25, 0.3) is 0 Å². The van der Waals surface area contributed by atoms with Gasteiger partial charge in [-0.2, -0.15) is 0 Å². The van der Waals surface area contributed by atoms with E-state index in [0.717, 1.165) is 12.1 Å². The van der Waals surface area contributed by atoms with Gasteiger partial charge >= 0.3 is 0 Å². The molecular formula is C12H20N4O. The minimum absolute atomic E-state index is 0.0912. The topological polar surface area (TPSA) is 71.2 Å². The number of pyridine rings is 1. The molecule has 1 unspecified atom stereocenters. The lowest BCUT2D eigenvalue weighted by Gasteiger charge is -2.18. The van der Waals surface area contributed by atoms with Crippen LogP contribution in [0.1, 0.15) is 23.0 Å². The van der Waals surface area contributed by atoms with Gasteiger partial charge < -0.3 is 16.0 Å². The highest BCUT2D eigenvalue weighted by atomic mass is 16.1. The Balaban J connectivity index is 2.57. The first kappa shape index (κ1) is 13.6. The van der Waals surface area contributed by atoms with Gasteiger partial charge in [-0.15, -0.1) is 0 Å². The van der Waals surface area contributed by atoms with Crippen LogP contribution in [0, 0.1) is 0 Å². The van der Waals surface area contributed by atoms with E-state index in [4.69, 9.17) is 5.73 Å². The predicted molar refractivity (Wildman–Crippen MR) is 67.6 cm³/mol. The third kappa shape index (κ3) is 4.50. The van der Waals surface area contributed by atoms with Gasteiger partial charge in [0.05, 0.1) is 0 Å². The summed E-state index contributed by atoms with van der Waals surface area (Å²) >= 11 is 0. The summed E-state index contributed by atoms with van der Waals surface area (Å²) in [6, 6.07) is 3.60. The van der Waals surface area contributed by atoms with E-state index in [0.29, 0.717) is 12.2 Å². The molecule has 0 aliphatic carbocycles. The summed E-state index contributed by atoms with van der Waals surface area (Å²) in [5.74, 6) is -0.150. The van der Waals surface area contributed by atoms with Crippen molar-refractivity contribution < 1.29 is 4.79 Å². The molecule has 5 heteroatoms. The lowest BCUT2D eigenvalue weighted by molar-refractivity contribution is 0.0929. The van der Waals surface area contributed by atoms with Crippen molar-refractivity contribution in [2.45, 2.75) is 19.5 Å². The van der Waals surface area contributed by atoms with Crippen LogP contribution in [0.15, 0.2) is 18.3 Å². The van der Waals surface area contributed by atoms with Crippen LogP contribution in [0.4, 0.5) is 0 Å². The number of rotatable bonds is 5. The Morgan fingerprint density at radius 3 is 2.71 bits per heavy atom. The molecule has 1 aromatic rings.